The number of likely N-dealkylation sites (N-methyl/N-ethyl adjacent to an activating group) is 1. The van der Waals surface area contributed by atoms with Crippen molar-refractivity contribution in [2.75, 3.05) is 33.2 Å². The van der Waals surface area contributed by atoms with Gasteiger partial charge in [0.05, 0.1) is 0 Å². The van der Waals surface area contributed by atoms with E-state index in [4.69, 9.17) is 11.6 Å². The molecule has 0 spiro atoms. The van der Waals surface area contributed by atoms with Crippen LogP contribution in [0, 0.1) is 0 Å². The maximum atomic E-state index is 12.8. The van der Waals surface area contributed by atoms with Crippen molar-refractivity contribution in [2.24, 2.45) is 0 Å². The van der Waals surface area contributed by atoms with Gasteiger partial charge in [-0.25, -0.2) is 0 Å². The third-order valence-corrected chi connectivity index (χ3v) is 4.55. The molecule has 2 aromatic rings. The van der Waals surface area contributed by atoms with Crippen molar-refractivity contribution in [1.82, 2.24) is 30.0 Å². The van der Waals surface area contributed by atoms with Crippen LogP contribution in [0.1, 0.15) is 19.4 Å². The van der Waals surface area contributed by atoms with E-state index in [0.29, 0.717) is 17.3 Å². The number of piperazine rings is 1. The molecule has 0 N–H and O–H groups in total. The van der Waals surface area contributed by atoms with Crippen molar-refractivity contribution in [1.29, 1.82) is 0 Å². The maximum Gasteiger partial charge on any atom is 0.249 e. The van der Waals surface area contributed by atoms with Crippen LogP contribution in [0.25, 0.3) is 11.4 Å². The molecule has 1 amide bonds. The zero-order valence-corrected chi connectivity index (χ0v) is 14.6. The predicted octanol–water partition coefficient (Wildman–Crippen LogP) is 1.72. The SMILES string of the molecule is CCC(C(=O)N1CCN(C)CC1)n1nnc(-c2ccc(Cl)cc2)n1. The molecule has 1 aliphatic heterocycles. The smallest absolute Gasteiger partial charge is 0.249 e. The minimum absolute atomic E-state index is 0.0608. The summed E-state index contributed by atoms with van der Waals surface area (Å²) in [5.41, 5.74) is 0.826. The Kier molecular flexibility index (Phi) is 5.11. The van der Waals surface area contributed by atoms with Gasteiger partial charge in [0.25, 0.3) is 0 Å². The number of tetrazole rings is 1. The molecule has 24 heavy (non-hydrogen) atoms. The molecule has 1 unspecified atom stereocenters. The van der Waals surface area contributed by atoms with Crippen LogP contribution in [0.3, 0.4) is 0 Å². The quantitative estimate of drug-likeness (QED) is 0.841. The molecule has 2 heterocycles. The topological polar surface area (TPSA) is 67.2 Å². The number of nitrogens with zero attached hydrogens (tertiary/aromatic N) is 6. The second-order valence-corrected chi connectivity index (χ2v) is 6.43. The summed E-state index contributed by atoms with van der Waals surface area (Å²) in [5, 5.41) is 13.2. The van der Waals surface area contributed by atoms with E-state index in [0.717, 1.165) is 31.7 Å². The van der Waals surface area contributed by atoms with Gasteiger partial charge in [0.15, 0.2) is 6.04 Å². The second-order valence-electron chi connectivity index (χ2n) is 5.99. The summed E-state index contributed by atoms with van der Waals surface area (Å²) in [7, 11) is 2.07. The molecule has 1 aromatic heterocycles. The summed E-state index contributed by atoms with van der Waals surface area (Å²) in [4.78, 5) is 18.3. The lowest BCUT2D eigenvalue weighted by atomic mass is 10.2. The van der Waals surface area contributed by atoms with Crippen molar-refractivity contribution < 1.29 is 4.79 Å². The van der Waals surface area contributed by atoms with Gasteiger partial charge in [-0.05, 0) is 42.9 Å². The number of hydrogen-bond acceptors (Lipinski definition) is 5. The third-order valence-electron chi connectivity index (χ3n) is 4.30. The van der Waals surface area contributed by atoms with Crippen LogP contribution in [-0.4, -0.2) is 69.1 Å². The van der Waals surface area contributed by atoms with Gasteiger partial charge in [-0.1, -0.05) is 18.5 Å². The monoisotopic (exact) mass is 348 g/mol. The highest BCUT2D eigenvalue weighted by atomic mass is 35.5. The Morgan fingerprint density at radius 3 is 2.50 bits per heavy atom. The van der Waals surface area contributed by atoms with Gasteiger partial charge in [0, 0.05) is 36.8 Å². The van der Waals surface area contributed by atoms with Gasteiger partial charge in [-0.3, -0.25) is 4.79 Å². The number of rotatable bonds is 4. The van der Waals surface area contributed by atoms with Crippen molar-refractivity contribution in [2.45, 2.75) is 19.4 Å². The van der Waals surface area contributed by atoms with Crippen LogP contribution in [0.4, 0.5) is 0 Å². The highest BCUT2D eigenvalue weighted by molar-refractivity contribution is 6.30. The molecule has 3 rings (SSSR count). The number of aromatic nitrogens is 4. The first kappa shape index (κ1) is 16.9. The molecule has 8 heteroatoms. The van der Waals surface area contributed by atoms with E-state index in [2.05, 4.69) is 27.4 Å². The van der Waals surface area contributed by atoms with E-state index in [9.17, 15) is 4.79 Å². The van der Waals surface area contributed by atoms with Gasteiger partial charge < -0.3 is 9.80 Å². The molecule has 1 fully saturated rings. The lowest BCUT2D eigenvalue weighted by Gasteiger charge is -2.34. The Balaban J connectivity index is 1.76. The van der Waals surface area contributed by atoms with Crippen molar-refractivity contribution in [3.63, 3.8) is 0 Å². The van der Waals surface area contributed by atoms with Crippen LogP contribution < -0.4 is 0 Å². The van der Waals surface area contributed by atoms with Gasteiger partial charge in [-0.2, -0.15) is 4.80 Å². The van der Waals surface area contributed by atoms with E-state index in [1.807, 2.05) is 24.0 Å². The van der Waals surface area contributed by atoms with E-state index < -0.39 is 6.04 Å². The van der Waals surface area contributed by atoms with Crippen LogP contribution in [0.15, 0.2) is 24.3 Å². The summed E-state index contributed by atoms with van der Waals surface area (Å²) in [6, 6.07) is 6.83. The molecule has 128 valence electrons. The summed E-state index contributed by atoms with van der Waals surface area (Å²) in [6.07, 6.45) is 0.627. The minimum atomic E-state index is -0.415. The largest absolute Gasteiger partial charge is 0.338 e. The Morgan fingerprint density at radius 2 is 1.88 bits per heavy atom. The molecule has 1 aromatic carbocycles. The average molecular weight is 349 g/mol. The molecule has 1 aliphatic rings. The zero-order chi connectivity index (χ0) is 17.1. The zero-order valence-electron chi connectivity index (χ0n) is 13.9. The highest BCUT2D eigenvalue weighted by Gasteiger charge is 2.28. The molecule has 7 nitrogen and oxygen atoms in total. The summed E-state index contributed by atoms with van der Waals surface area (Å²) in [6.45, 7) is 5.23. The molecule has 0 radical (unpaired) electrons. The first-order valence-electron chi connectivity index (χ1n) is 8.11. The third kappa shape index (κ3) is 3.57. The minimum Gasteiger partial charge on any atom is -0.338 e. The number of amides is 1. The molecule has 1 atom stereocenters. The fraction of sp³-hybridized carbons (Fsp3) is 0.500. The van der Waals surface area contributed by atoms with Gasteiger partial charge >= 0.3 is 0 Å². The van der Waals surface area contributed by atoms with Gasteiger partial charge in [0.2, 0.25) is 11.7 Å². The Bertz CT molecular complexity index is 693. The standard InChI is InChI=1S/C16H21ClN6O/c1-3-14(16(24)22-10-8-21(2)9-11-22)23-19-15(18-20-23)12-4-6-13(17)7-5-12/h4-7,14H,3,8-11H2,1-2H3. The molecular formula is C16H21ClN6O. The molecular weight excluding hydrogens is 328 g/mol. The second kappa shape index (κ2) is 7.27. The van der Waals surface area contributed by atoms with Gasteiger partial charge in [0.1, 0.15) is 0 Å². The normalized spacial score (nSPS) is 17.0. The Morgan fingerprint density at radius 1 is 1.21 bits per heavy atom. The highest BCUT2D eigenvalue weighted by Crippen LogP contribution is 2.19. The van der Waals surface area contributed by atoms with E-state index in [1.165, 1.54) is 4.80 Å². The number of carbonyl (C=O) groups excluding carboxylic acids is 1. The fourth-order valence-electron chi connectivity index (χ4n) is 2.75. The fourth-order valence-corrected chi connectivity index (χ4v) is 2.87. The van der Waals surface area contributed by atoms with E-state index >= 15 is 0 Å². The molecule has 0 saturated carbocycles. The van der Waals surface area contributed by atoms with E-state index in [-0.39, 0.29) is 5.91 Å². The lowest BCUT2D eigenvalue weighted by Crippen LogP contribution is -2.49. The summed E-state index contributed by atoms with van der Waals surface area (Å²) < 4.78 is 0. The Labute approximate surface area is 146 Å². The molecule has 0 bridgehead atoms. The average Bonchev–Trinajstić information content (AvgIpc) is 3.06. The van der Waals surface area contributed by atoms with Crippen molar-refractivity contribution in [3.05, 3.63) is 29.3 Å². The van der Waals surface area contributed by atoms with Crippen LogP contribution in [0.5, 0.6) is 0 Å². The number of carbonyl (C=O) groups is 1. The first-order chi connectivity index (χ1) is 11.6. The van der Waals surface area contributed by atoms with Crippen LogP contribution in [-0.2, 0) is 4.79 Å². The lowest BCUT2D eigenvalue weighted by molar-refractivity contribution is -0.137. The van der Waals surface area contributed by atoms with Crippen LogP contribution >= 0.6 is 11.6 Å². The Hall–Kier alpha value is -1.99. The van der Waals surface area contributed by atoms with Gasteiger partial charge in [-0.15, -0.1) is 10.2 Å². The predicted molar refractivity (Wildman–Crippen MR) is 91.7 cm³/mol. The molecule has 0 aliphatic carbocycles. The first-order valence-corrected chi connectivity index (χ1v) is 8.49. The van der Waals surface area contributed by atoms with E-state index in [1.54, 1.807) is 12.1 Å². The molecule has 1 saturated heterocycles. The summed E-state index contributed by atoms with van der Waals surface area (Å²) >= 11 is 5.90. The van der Waals surface area contributed by atoms with Crippen molar-refractivity contribution >= 4 is 17.5 Å². The maximum absolute atomic E-state index is 12.8. The van der Waals surface area contributed by atoms with Crippen LogP contribution in [0.2, 0.25) is 5.02 Å². The number of benzene rings is 1. The van der Waals surface area contributed by atoms with Crippen molar-refractivity contribution in [3.8, 4) is 11.4 Å². The number of hydrogen-bond donors (Lipinski definition) is 0. The number of halogens is 1. The summed E-state index contributed by atoms with van der Waals surface area (Å²) in [5.74, 6) is 0.557.